The molecule has 10 heteroatoms. The molecule has 0 atom stereocenters. The van der Waals surface area contributed by atoms with E-state index < -0.39 is 18.3 Å². The van der Waals surface area contributed by atoms with E-state index in [0.29, 0.717) is 27.5 Å². The van der Waals surface area contributed by atoms with Gasteiger partial charge < -0.3 is 9.47 Å². The van der Waals surface area contributed by atoms with Crippen LogP contribution in [0.15, 0.2) is 65.5 Å². The number of alkyl halides is 3. The predicted octanol–water partition coefficient (Wildman–Crippen LogP) is 5.05. The Morgan fingerprint density at radius 1 is 1.00 bits per heavy atom. The molecule has 0 aliphatic rings. The molecule has 0 amide bonds. The molecule has 6 nitrogen and oxygen atoms in total. The zero-order chi connectivity index (χ0) is 22.9. The first kappa shape index (κ1) is 21.6. The van der Waals surface area contributed by atoms with Gasteiger partial charge in [-0.1, -0.05) is 23.7 Å². The number of hydrogen-bond acceptors (Lipinski definition) is 5. The van der Waals surface area contributed by atoms with Crippen LogP contribution >= 0.6 is 11.6 Å². The Kier molecular flexibility index (Phi) is 5.75. The standard InChI is InChI=1S/C22H15ClF3N3O3/c1-31-16-8-6-15(7-9-16)29-21(30)19(13-2-4-14(23)5-3-13)20-17(28-29)10-11-18(27-20)32-12-22(24,25)26/h2-11H,12H2,1H3. The highest BCUT2D eigenvalue weighted by molar-refractivity contribution is 6.30. The van der Waals surface area contributed by atoms with Gasteiger partial charge in [-0.15, -0.1) is 0 Å². The Hall–Kier alpha value is -3.59. The molecule has 0 saturated carbocycles. The van der Waals surface area contributed by atoms with Gasteiger partial charge in [0.05, 0.1) is 18.4 Å². The zero-order valence-electron chi connectivity index (χ0n) is 16.6. The summed E-state index contributed by atoms with van der Waals surface area (Å²) in [5, 5.41) is 4.81. The van der Waals surface area contributed by atoms with E-state index in [2.05, 4.69) is 10.1 Å². The third kappa shape index (κ3) is 4.52. The van der Waals surface area contributed by atoms with E-state index in [1.54, 1.807) is 48.5 Å². The summed E-state index contributed by atoms with van der Waals surface area (Å²) >= 11 is 5.97. The summed E-state index contributed by atoms with van der Waals surface area (Å²) in [6.45, 7) is -1.50. The van der Waals surface area contributed by atoms with Crippen LogP contribution in [0.25, 0.3) is 27.8 Å². The van der Waals surface area contributed by atoms with Crippen molar-refractivity contribution in [2.45, 2.75) is 6.18 Å². The van der Waals surface area contributed by atoms with Crippen LogP contribution < -0.4 is 15.0 Å². The lowest BCUT2D eigenvalue weighted by Gasteiger charge is -2.13. The fourth-order valence-corrected chi connectivity index (χ4v) is 3.20. The van der Waals surface area contributed by atoms with Crippen molar-refractivity contribution in [3.8, 4) is 28.4 Å². The number of nitrogens with zero attached hydrogens (tertiary/aromatic N) is 3. The largest absolute Gasteiger partial charge is 0.497 e. The fraction of sp³-hybridized carbons (Fsp3) is 0.136. The van der Waals surface area contributed by atoms with E-state index in [-0.39, 0.29) is 17.0 Å². The summed E-state index contributed by atoms with van der Waals surface area (Å²) in [5.74, 6) is 0.335. The van der Waals surface area contributed by atoms with Crippen molar-refractivity contribution in [3.63, 3.8) is 0 Å². The van der Waals surface area contributed by atoms with Crippen LogP contribution in [0.4, 0.5) is 13.2 Å². The lowest BCUT2D eigenvalue weighted by molar-refractivity contribution is -0.154. The second kappa shape index (κ2) is 8.51. The molecule has 164 valence electrons. The first-order valence-corrected chi connectivity index (χ1v) is 9.67. The number of pyridine rings is 1. The van der Waals surface area contributed by atoms with Crippen molar-refractivity contribution in [2.24, 2.45) is 0 Å². The number of hydrogen-bond donors (Lipinski definition) is 0. The van der Waals surface area contributed by atoms with E-state index >= 15 is 0 Å². The van der Waals surface area contributed by atoms with Gasteiger partial charge in [0.2, 0.25) is 5.88 Å². The van der Waals surface area contributed by atoms with Gasteiger partial charge >= 0.3 is 6.18 Å². The van der Waals surface area contributed by atoms with Crippen molar-refractivity contribution in [1.82, 2.24) is 14.8 Å². The summed E-state index contributed by atoms with van der Waals surface area (Å²) in [5.41, 5.74) is 1.01. The van der Waals surface area contributed by atoms with Gasteiger partial charge in [0.1, 0.15) is 16.8 Å². The summed E-state index contributed by atoms with van der Waals surface area (Å²) in [6.07, 6.45) is -4.52. The monoisotopic (exact) mass is 461 g/mol. The number of halogens is 4. The number of aromatic nitrogens is 3. The SMILES string of the molecule is COc1ccc(-n2nc3ccc(OCC(F)(F)F)nc3c(-c3ccc(Cl)cc3)c2=O)cc1. The average molecular weight is 462 g/mol. The van der Waals surface area contributed by atoms with Crippen LogP contribution in [0.5, 0.6) is 11.6 Å². The molecule has 0 aliphatic heterocycles. The molecule has 4 rings (SSSR count). The summed E-state index contributed by atoms with van der Waals surface area (Å²) in [6, 6.07) is 15.9. The highest BCUT2D eigenvalue weighted by Gasteiger charge is 2.29. The minimum Gasteiger partial charge on any atom is -0.497 e. The summed E-state index contributed by atoms with van der Waals surface area (Å²) in [7, 11) is 1.53. The van der Waals surface area contributed by atoms with Gasteiger partial charge in [-0.05, 0) is 48.0 Å². The lowest BCUT2D eigenvalue weighted by Crippen LogP contribution is -2.24. The average Bonchev–Trinajstić information content (AvgIpc) is 2.78. The highest BCUT2D eigenvalue weighted by atomic mass is 35.5. The van der Waals surface area contributed by atoms with Crippen LogP contribution in [0.3, 0.4) is 0 Å². The minimum absolute atomic E-state index is 0.113. The van der Waals surface area contributed by atoms with Crippen molar-refractivity contribution in [1.29, 1.82) is 0 Å². The van der Waals surface area contributed by atoms with Gasteiger partial charge in [-0.2, -0.15) is 23.0 Å². The number of fused-ring (bicyclic) bond motifs is 1. The summed E-state index contributed by atoms with van der Waals surface area (Å²) in [4.78, 5) is 17.6. The minimum atomic E-state index is -4.52. The molecule has 0 saturated heterocycles. The van der Waals surface area contributed by atoms with E-state index in [9.17, 15) is 18.0 Å². The highest BCUT2D eigenvalue weighted by Crippen LogP contribution is 2.27. The van der Waals surface area contributed by atoms with Crippen molar-refractivity contribution < 1.29 is 22.6 Å². The van der Waals surface area contributed by atoms with Gasteiger partial charge in [-0.25, -0.2) is 4.98 Å². The molecule has 2 heterocycles. The first-order chi connectivity index (χ1) is 15.2. The smallest absolute Gasteiger partial charge is 0.422 e. The van der Waals surface area contributed by atoms with E-state index in [4.69, 9.17) is 21.1 Å². The maximum Gasteiger partial charge on any atom is 0.422 e. The number of benzene rings is 2. The summed E-state index contributed by atoms with van der Waals surface area (Å²) < 4.78 is 48.8. The Bertz CT molecular complexity index is 1320. The third-order valence-electron chi connectivity index (χ3n) is 4.53. The molecular formula is C22H15ClF3N3O3. The van der Waals surface area contributed by atoms with Crippen LogP contribution in [-0.4, -0.2) is 34.7 Å². The topological polar surface area (TPSA) is 66.2 Å². The normalized spacial score (nSPS) is 11.5. The first-order valence-electron chi connectivity index (χ1n) is 9.29. The van der Waals surface area contributed by atoms with Crippen molar-refractivity contribution in [2.75, 3.05) is 13.7 Å². The van der Waals surface area contributed by atoms with Gasteiger partial charge in [0, 0.05) is 11.1 Å². The molecule has 0 radical (unpaired) electrons. The van der Waals surface area contributed by atoms with Crippen LogP contribution in [0.1, 0.15) is 0 Å². The Morgan fingerprint density at radius 3 is 2.31 bits per heavy atom. The molecule has 0 N–H and O–H groups in total. The molecular weight excluding hydrogens is 447 g/mol. The van der Waals surface area contributed by atoms with E-state index in [1.807, 2.05) is 0 Å². The van der Waals surface area contributed by atoms with Gasteiger partial charge in [0.15, 0.2) is 6.61 Å². The Balaban J connectivity index is 1.93. The second-order valence-electron chi connectivity index (χ2n) is 6.72. The van der Waals surface area contributed by atoms with Crippen molar-refractivity contribution >= 4 is 22.6 Å². The molecule has 0 bridgehead atoms. The van der Waals surface area contributed by atoms with Crippen LogP contribution in [-0.2, 0) is 0 Å². The van der Waals surface area contributed by atoms with Crippen molar-refractivity contribution in [3.05, 3.63) is 76.0 Å². The number of rotatable bonds is 5. The molecule has 0 aliphatic carbocycles. The van der Waals surface area contributed by atoms with Crippen LogP contribution in [0.2, 0.25) is 5.02 Å². The third-order valence-corrected chi connectivity index (χ3v) is 4.78. The number of ether oxygens (including phenoxy) is 2. The Labute approximate surface area is 184 Å². The molecule has 0 unspecified atom stereocenters. The second-order valence-corrected chi connectivity index (χ2v) is 7.15. The Morgan fingerprint density at radius 2 is 1.69 bits per heavy atom. The molecule has 4 aromatic rings. The fourth-order valence-electron chi connectivity index (χ4n) is 3.07. The zero-order valence-corrected chi connectivity index (χ0v) is 17.3. The molecule has 2 aromatic carbocycles. The van der Waals surface area contributed by atoms with E-state index in [0.717, 1.165) is 0 Å². The molecule has 2 aromatic heterocycles. The quantitative estimate of drug-likeness (QED) is 0.416. The maximum atomic E-state index is 13.4. The van der Waals surface area contributed by atoms with Crippen LogP contribution in [0, 0.1) is 0 Å². The maximum absolute atomic E-state index is 13.4. The predicted molar refractivity (Wildman–Crippen MR) is 114 cm³/mol. The van der Waals surface area contributed by atoms with Gasteiger partial charge in [0.25, 0.3) is 5.56 Å². The van der Waals surface area contributed by atoms with E-state index in [1.165, 1.54) is 23.9 Å². The molecule has 0 spiro atoms. The van der Waals surface area contributed by atoms with Gasteiger partial charge in [-0.3, -0.25) is 4.79 Å². The molecule has 32 heavy (non-hydrogen) atoms. The number of methoxy groups -OCH3 is 1. The lowest BCUT2D eigenvalue weighted by atomic mass is 10.1. The molecule has 0 fully saturated rings.